The molecular formula is C12H8N2O2. The molecule has 0 aliphatic heterocycles. The highest BCUT2D eigenvalue weighted by Gasteiger charge is 2.01. The van der Waals surface area contributed by atoms with E-state index in [9.17, 15) is 9.59 Å². The van der Waals surface area contributed by atoms with E-state index >= 15 is 0 Å². The van der Waals surface area contributed by atoms with Crippen LogP contribution in [0.25, 0.3) is 21.8 Å². The minimum atomic E-state index is -0.176. The van der Waals surface area contributed by atoms with Crippen molar-refractivity contribution in [3.05, 3.63) is 57.1 Å². The van der Waals surface area contributed by atoms with Crippen LogP contribution in [-0.2, 0) is 0 Å². The fourth-order valence-electron chi connectivity index (χ4n) is 1.84. The maximum atomic E-state index is 11.3. The van der Waals surface area contributed by atoms with Gasteiger partial charge >= 0.3 is 0 Å². The van der Waals surface area contributed by atoms with Gasteiger partial charge in [-0.2, -0.15) is 0 Å². The number of aromatic amines is 2. The molecule has 16 heavy (non-hydrogen) atoms. The van der Waals surface area contributed by atoms with Crippen molar-refractivity contribution in [3.8, 4) is 0 Å². The fraction of sp³-hybridized carbons (Fsp3) is 0. The summed E-state index contributed by atoms with van der Waals surface area (Å²) < 4.78 is 0. The summed E-state index contributed by atoms with van der Waals surface area (Å²) in [5.41, 5.74) is 0.986. The number of aromatic nitrogens is 2. The third-order valence-corrected chi connectivity index (χ3v) is 2.59. The Morgan fingerprint density at radius 3 is 1.44 bits per heavy atom. The zero-order valence-corrected chi connectivity index (χ0v) is 8.28. The summed E-state index contributed by atoms with van der Waals surface area (Å²) in [4.78, 5) is 28.0. The minimum absolute atomic E-state index is 0.176. The average Bonchev–Trinajstić information content (AvgIpc) is 2.29. The lowest BCUT2D eigenvalue weighted by atomic mass is 10.1. The van der Waals surface area contributed by atoms with Gasteiger partial charge in [0.15, 0.2) is 0 Å². The first-order valence-electron chi connectivity index (χ1n) is 4.89. The zero-order valence-electron chi connectivity index (χ0n) is 8.28. The summed E-state index contributed by atoms with van der Waals surface area (Å²) in [5, 5.41) is 1.79. The Balaban J connectivity index is 2.65. The molecule has 0 unspecified atom stereocenters. The number of benzene rings is 1. The van der Waals surface area contributed by atoms with Crippen molar-refractivity contribution in [2.75, 3.05) is 0 Å². The van der Waals surface area contributed by atoms with E-state index in [4.69, 9.17) is 0 Å². The van der Waals surface area contributed by atoms with Crippen molar-refractivity contribution in [1.29, 1.82) is 0 Å². The van der Waals surface area contributed by atoms with Gasteiger partial charge in [-0.15, -0.1) is 0 Å². The molecule has 3 rings (SSSR count). The Labute approximate surface area is 89.6 Å². The topological polar surface area (TPSA) is 65.7 Å². The monoisotopic (exact) mass is 212 g/mol. The van der Waals surface area contributed by atoms with Gasteiger partial charge < -0.3 is 9.97 Å². The van der Waals surface area contributed by atoms with Gasteiger partial charge in [0, 0.05) is 22.9 Å². The number of fused-ring (bicyclic) bond motifs is 3. The molecule has 4 heteroatoms. The van der Waals surface area contributed by atoms with E-state index in [1.165, 1.54) is 12.1 Å². The van der Waals surface area contributed by atoms with Crippen molar-refractivity contribution >= 4 is 21.8 Å². The first-order chi connectivity index (χ1) is 7.74. The fourth-order valence-corrected chi connectivity index (χ4v) is 1.84. The summed E-state index contributed by atoms with van der Waals surface area (Å²) in [6.45, 7) is 0. The summed E-state index contributed by atoms with van der Waals surface area (Å²) in [6.07, 6.45) is 0. The maximum Gasteiger partial charge on any atom is 0.248 e. The third-order valence-electron chi connectivity index (χ3n) is 2.59. The van der Waals surface area contributed by atoms with Gasteiger partial charge in [-0.3, -0.25) is 9.59 Å². The van der Waals surface area contributed by atoms with Crippen molar-refractivity contribution < 1.29 is 0 Å². The Bertz CT molecular complexity index is 730. The van der Waals surface area contributed by atoms with Crippen molar-refractivity contribution in [3.63, 3.8) is 0 Å². The van der Waals surface area contributed by atoms with Crippen LogP contribution in [-0.4, -0.2) is 9.97 Å². The predicted octanol–water partition coefficient (Wildman–Crippen LogP) is 1.37. The number of nitrogens with one attached hydrogen (secondary N) is 2. The van der Waals surface area contributed by atoms with E-state index in [0.29, 0.717) is 11.0 Å². The molecule has 2 heterocycles. The van der Waals surface area contributed by atoms with Crippen molar-refractivity contribution in [2.45, 2.75) is 0 Å². The lowest BCUT2D eigenvalue weighted by Gasteiger charge is -2.02. The van der Waals surface area contributed by atoms with E-state index in [1.807, 2.05) is 12.1 Å². The molecule has 0 bridgehead atoms. The molecule has 0 spiro atoms. The molecule has 2 aromatic heterocycles. The van der Waals surface area contributed by atoms with Crippen LogP contribution in [0.1, 0.15) is 0 Å². The molecule has 0 aliphatic rings. The summed E-state index contributed by atoms with van der Waals surface area (Å²) in [7, 11) is 0. The van der Waals surface area contributed by atoms with Crippen LogP contribution in [0.4, 0.5) is 0 Å². The Kier molecular flexibility index (Phi) is 1.71. The quantitative estimate of drug-likeness (QED) is 0.553. The SMILES string of the molecule is O=c1ccc2ccc3ccc(=O)[nH]c3c2[nH]1. The predicted molar refractivity (Wildman–Crippen MR) is 62.7 cm³/mol. The zero-order chi connectivity index (χ0) is 11.1. The lowest BCUT2D eigenvalue weighted by molar-refractivity contribution is 1.27. The average molecular weight is 212 g/mol. The molecule has 1 aromatic carbocycles. The van der Waals surface area contributed by atoms with Crippen LogP contribution in [0.3, 0.4) is 0 Å². The van der Waals surface area contributed by atoms with Crippen LogP contribution in [0.5, 0.6) is 0 Å². The van der Waals surface area contributed by atoms with Gasteiger partial charge in [0.2, 0.25) is 11.1 Å². The molecule has 4 nitrogen and oxygen atoms in total. The Morgan fingerprint density at radius 2 is 1.00 bits per heavy atom. The molecule has 2 N–H and O–H groups in total. The van der Waals surface area contributed by atoms with Gasteiger partial charge in [-0.05, 0) is 12.1 Å². The van der Waals surface area contributed by atoms with Crippen molar-refractivity contribution in [1.82, 2.24) is 9.97 Å². The second kappa shape index (κ2) is 3.06. The highest BCUT2D eigenvalue weighted by molar-refractivity contribution is 6.02. The van der Waals surface area contributed by atoms with Crippen LogP contribution in [0.2, 0.25) is 0 Å². The number of hydrogen-bond acceptors (Lipinski definition) is 2. The van der Waals surface area contributed by atoms with E-state index in [-0.39, 0.29) is 11.1 Å². The number of H-pyrrole nitrogens is 2. The molecule has 0 fully saturated rings. The van der Waals surface area contributed by atoms with E-state index in [0.717, 1.165) is 10.8 Å². The molecule has 0 saturated carbocycles. The molecule has 3 aromatic rings. The molecule has 0 atom stereocenters. The standard InChI is InChI=1S/C12H8N2O2/c15-9-5-3-7-1-2-8-4-6-10(16)14-12(8)11(7)13-9/h1-6H,(H,13,15)(H,14,16). The normalized spacial score (nSPS) is 11.0. The van der Waals surface area contributed by atoms with Crippen LogP contribution >= 0.6 is 0 Å². The minimum Gasteiger partial charge on any atom is -0.320 e. The highest BCUT2D eigenvalue weighted by atomic mass is 16.1. The second-order valence-corrected chi connectivity index (χ2v) is 3.64. The molecular weight excluding hydrogens is 204 g/mol. The number of hydrogen-bond donors (Lipinski definition) is 2. The Hall–Kier alpha value is -2.36. The molecule has 78 valence electrons. The van der Waals surface area contributed by atoms with Crippen LogP contribution < -0.4 is 11.1 Å². The van der Waals surface area contributed by atoms with Crippen molar-refractivity contribution in [2.24, 2.45) is 0 Å². The van der Waals surface area contributed by atoms with Gasteiger partial charge in [-0.1, -0.05) is 12.1 Å². The van der Waals surface area contributed by atoms with Gasteiger partial charge in [0.1, 0.15) is 0 Å². The first kappa shape index (κ1) is 8.91. The van der Waals surface area contributed by atoms with Crippen LogP contribution in [0.15, 0.2) is 46.0 Å². The Morgan fingerprint density at radius 1 is 0.625 bits per heavy atom. The van der Waals surface area contributed by atoms with Gasteiger partial charge in [-0.25, -0.2) is 0 Å². The first-order valence-corrected chi connectivity index (χ1v) is 4.89. The van der Waals surface area contributed by atoms with E-state index in [1.54, 1.807) is 12.1 Å². The molecule has 0 aliphatic carbocycles. The largest absolute Gasteiger partial charge is 0.320 e. The summed E-state index contributed by atoms with van der Waals surface area (Å²) in [6, 6.07) is 10.2. The van der Waals surface area contributed by atoms with Gasteiger partial charge in [0.25, 0.3) is 0 Å². The highest BCUT2D eigenvalue weighted by Crippen LogP contribution is 2.18. The second-order valence-electron chi connectivity index (χ2n) is 3.64. The van der Waals surface area contributed by atoms with E-state index in [2.05, 4.69) is 9.97 Å². The number of rotatable bonds is 0. The molecule has 0 amide bonds. The van der Waals surface area contributed by atoms with E-state index < -0.39 is 0 Å². The third kappa shape index (κ3) is 1.24. The van der Waals surface area contributed by atoms with Gasteiger partial charge in [0.05, 0.1) is 11.0 Å². The lowest BCUT2D eigenvalue weighted by Crippen LogP contribution is -2.06. The van der Waals surface area contributed by atoms with Crippen LogP contribution in [0, 0.1) is 0 Å². The number of pyridine rings is 2. The maximum absolute atomic E-state index is 11.3. The summed E-state index contributed by atoms with van der Waals surface area (Å²) >= 11 is 0. The summed E-state index contributed by atoms with van der Waals surface area (Å²) in [5.74, 6) is 0. The smallest absolute Gasteiger partial charge is 0.248 e. The molecule has 0 radical (unpaired) electrons. The molecule has 0 saturated heterocycles.